The fraction of sp³-hybridized carbons (Fsp3) is 0.688. The molecule has 0 aromatic carbocycles. The average Bonchev–Trinajstić information content (AvgIpc) is 2.40. The van der Waals surface area contributed by atoms with E-state index in [0.717, 1.165) is 31.2 Å². The molecule has 1 N–H and O–H groups in total. The molecule has 2 heterocycles. The van der Waals surface area contributed by atoms with Crippen LogP contribution in [0.25, 0.3) is 0 Å². The summed E-state index contributed by atoms with van der Waals surface area (Å²) in [5.74, 6) is 0.737. The summed E-state index contributed by atoms with van der Waals surface area (Å²) in [4.78, 5) is 7.19. The van der Waals surface area contributed by atoms with Crippen LogP contribution in [0.2, 0.25) is 0 Å². The lowest BCUT2D eigenvalue weighted by atomic mass is 9.95. The molecular formula is C16H27N3. The van der Waals surface area contributed by atoms with Gasteiger partial charge < -0.3 is 5.32 Å². The lowest BCUT2D eigenvalue weighted by Crippen LogP contribution is -2.57. The number of piperazine rings is 1. The van der Waals surface area contributed by atoms with Crippen LogP contribution in [0.4, 0.5) is 0 Å². The van der Waals surface area contributed by atoms with Gasteiger partial charge >= 0.3 is 0 Å². The van der Waals surface area contributed by atoms with Gasteiger partial charge in [0.2, 0.25) is 0 Å². The molecule has 3 atom stereocenters. The molecule has 0 bridgehead atoms. The van der Waals surface area contributed by atoms with Gasteiger partial charge in [0.25, 0.3) is 0 Å². The maximum Gasteiger partial charge on any atom is 0.0547 e. The predicted molar refractivity (Wildman–Crippen MR) is 80.1 cm³/mol. The van der Waals surface area contributed by atoms with E-state index in [9.17, 15) is 0 Å². The lowest BCUT2D eigenvalue weighted by Gasteiger charge is -2.40. The topological polar surface area (TPSA) is 28.2 Å². The Hall–Kier alpha value is -0.930. The average molecular weight is 261 g/mol. The molecule has 1 aliphatic rings. The van der Waals surface area contributed by atoms with Gasteiger partial charge in [0.1, 0.15) is 0 Å². The summed E-state index contributed by atoms with van der Waals surface area (Å²) >= 11 is 0. The second-order valence-electron chi connectivity index (χ2n) is 5.95. The van der Waals surface area contributed by atoms with Crippen LogP contribution in [-0.4, -0.2) is 35.1 Å². The smallest absolute Gasteiger partial charge is 0.0547 e. The molecule has 1 aliphatic heterocycles. The number of nitrogens with one attached hydrogen (secondary N) is 1. The summed E-state index contributed by atoms with van der Waals surface area (Å²) in [5, 5.41) is 3.68. The molecular weight excluding hydrogens is 234 g/mol. The third kappa shape index (κ3) is 3.77. The zero-order chi connectivity index (χ0) is 13.8. The van der Waals surface area contributed by atoms with Gasteiger partial charge in [-0.25, -0.2) is 0 Å². The molecule has 19 heavy (non-hydrogen) atoms. The summed E-state index contributed by atoms with van der Waals surface area (Å²) in [6, 6.07) is 7.51. The van der Waals surface area contributed by atoms with E-state index >= 15 is 0 Å². The Morgan fingerprint density at radius 1 is 1.47 bits per heavy atom. The number of hydrogen-bond donors (Lipinski definition) is 1. The van der Waals surface area contributed by atoms with Crippen molar-refractivity contribution < 1.29 is 0 Å². The van der Waals surface area contributed by atoms with Gasteiger partial charge in [0.05, 0.1) is 5.69 Å². The second-order valence-corrected chi connectivity index (χ2v) is 5.95. The van der Waals surface area contributed by atoms with Crippen molar-refractivity contribution in [2.75, 3.05) is 13.1 Å². The number of nitrogens with zero attached hydrogens (tertiary/aromatic N) is 2. The molecule has 1 aromatic heterocycles. The summed E-state index contributed by atoms with van der Waals surface area (Å²) in [7, 11) is 0. The fourth-order valence-corrected chi connectivity index (χ4v) is 2.73. The van der Waals surface area contributed by atoms with Crippen LogP contribution in [0.15, 0.2) is 18.2 Å². The van der Waals surface area contributed by atoms with Crippen LogP contribution in [-0.2, 0) is 6.54 Å². The van der Waals surface area contributed by atoms with Crippen molar-refractivity contribution >= 4 is 0 Å². The Bertz CT molecular complexity index is 405. The van der Waals surface area contributed by atoms with Crippen molar-refractivity contribution in [1.82, 2.24) is 15.2 Å². The third-order valence-corrected chi connectivity index (χ3v) is 4.37. The van der Waals surface area contributed by atoms with Crippen LogP contribution < -0.4 is 5.32 Å². The molecule has 3 unspecified atom stereocenters. The van der Waals surface area contributed by atoms with Crippen molar-refractivity contribution in [3.63, 3.8) is 0 Å². The van der Waals surface area contributed by atoms with E-state index in [1.165, 1.54) is 12.1 Å². The first kappa shape index (κ1) is 14.5. The van der Waals surface area contributed by atoms with Gasteiger partial charge in [-0.05, 0) is 31.9 Å². The molecule has 1 saturated heterocycles. The van der Waals surface area contributed by atoms with E-state index in [-0.39, 0.29) is 0 Å². The number of aromatic nitrogens is 1. The lowest BCUT2D eigenvalue weighted by molar-refractivity contribution is 0.110. The van der Waals surface area contributed by atoms with Gasteiger partial charge in [0.15, 0.2) is 0 Å². The highest BCUT2D eigenvalue weighted by molar-refractivity contribution is 5.10. The first-order chi connectivity index (χ1) is 9.10. The van der Waals surface area contributed by atoms with E-state index in [1.807, 2.05) is 0 Å². The van der Waals surface area contributed by atoms with E-state index in [1.54, 1.807) is 0 Å². The monoisotopic (exact) mass is 261 g/mol. The Morgan fingerprint density at radius 3 is 2.95 bits per heavy atom. The molecule has 0 radical (unpaired) electrons. The van der Waals surface area contributed by atoms with E-state index in [2.05, 4.69) is 61.1 Å². The van der Waals surface area contributed by atoms with Gasteiger partial charge in [-0.3, -0.25) is 9.88 Å². The molecule has 106 valence electrons. The summed E-state index contributed by atoms with van der Waals surface area (Å²) in [5.41, 5.74) is 2.30. The van der Waals surface area contributed by atoms with Crippen molar-refractivity contribution in [3.8, 4) is 0 Å². The Balaban J connectivity index is 2.01. The highest BCUT2D eigenvalue weighted by atomic mass is 15.2. The first-order valence-electron chi connectivity index (χ1n) is 7.50. The van der Waals surface area contributed by atoms with Gasteiger partial charge in [-0.1, -0.05) is 26.3 Å². The minimum atomic E-state index is 0.586. The van der Waals surface area contributed by atoms with Crippen LogP contribution in [0.1, 0.15) is 38.6 Å². The Kier molecular flexibility index (Phi) is 4.94. The van der Waals surface area contributed by atoms with E-state index in [0.29, 0.717) is 12.1 Å². The fourth-order valence-electron chi connectivity index (χ4n) is 2.73. The van der Waals surface area contributed by atoms with Crippen LogP contribution in [0.5, 0.6) is 0 Å². The maximum absolute atomic E-state index is 4.63. The molecule has 0 amide bonds. The molecule has 3 nitrogen and oxygen atoms in total. The maximum atomic E-state index is 4.63. The van der Waals surface area contributed by atoms with Gasteiger partial charge in [-0.15, -0.1) is 0 Å². The van der Waals surface area contributed by atoms with Crippen LogP contribution in [0, 0.1) is 12.8 Å². The minimum Gasteiger partial charge on any atom is -0.311 e. The molecule has 1 fully saturated rings. The number of hydrogen-bond acceptors (Lipinski definition) is 3. The third-order valence-electron chi connectivity index (χ3n) is 4.37. The van der Waals surface area contributed by atoms with Gasteiger partial charge in [-0.2, -0.15) is 0 Å². The van der Waals surface area contributed by atoms with Crippen LogP contribution >= 0.6 is 0 Å². The Morgan fingerprint density at radius 2 is 2.26 bits per heavy atom. The zero-order valence-electron chi connectivity index (χ0n) is 12.7. The molecule has 0 aliphatic carbocycles. The zero-order valence-corrected chi connectivity index (χ0v) is 12.7. The quantitative estimate of drug-likeness (QED) is 0.903. The number of pyridine rings is 1. The molecule has 1 aromatic rings. The van der Waals surface area contributed by atoms with Crippen LogP contribution in [0.3, 0.4) is 0 Å². The van der Waals surface area contributed by atoms with E-state index in [4.69, 9.17) is 0 Å². The van der Waals surface area contributed by atoms with Crippen molar-refractivity contribution in [1.29, 1.82) is 0 Å². The van der Waals surface area contributed by atoms with E-state index < -0.39 is 0 Å². The largest absolute Gasteiger partial charge is 0.311 e. The standard InChI is InChI=1S/C16H27N3/c1-5-12(2)16-11-19(14(4)9-17-16)10-15-8-6-7-13(3)18-15/h6-8,12,14,16-17H,5,9-11H2,1-4H3. The van der Waals surface area contributed by atoms with Crippen molar-refractivity contribution in [3.05, 3.63) is 29.6 Å². The number of rotatable bonds is 4. The first-order valence-corrected chi connectivity index (χ1v) is 7.50. The summed E-state index contributed by atoms with van der Waals surface area (Å²) in [6.07, 6.45) is 1.24. The highest BCUT2D eigenvalue weighted by Crippen LogP contribution is 2.17. The predicted octanol–water partition coefficient (Wildman–Crippen LogP) is 2.60. The van der Waals surface area contributed by atoms with Crippen molar-refractivity contribution in [2.45, 2.75) is 52.7 Å². The minimum absolute atomic E-state index is 0.586. The molecule has 2 rings (SSSR count). The summed E-state index contributed by atoms with van der Waals surface area (Å²) in [6.45, 7) is 12.2. The second kappa shape index (κ2) is 6.49. The molecule has 0 spiro atoms. The number of aryl methyl sites for hydroxylation is 1. The van der Waals surface area contributed by atoms with Crippen molar-refractivity contribution in [2.24, 2.45) is 5.92 Å². The Labute approximate surface area is 117 Å². The normalized spacial score (nSPS) is 26.3. The summed E-state index contributed by atoms with van der Waals surface area (Å²) < 4.78 is 0. The molecule has 0 saturated carbocycles. The molecule has 3 heteroatoms. The highest BCUT2D eigenvalue weighted by Gasteiger charge is 2.27. The SMILES string of the molecule is CCC(C)C1CN(Cc2cccc(C)n2)C(C)CN1. The van der Waals surface area contributed by atoms with Gasteiger partial charge in [0, 0.05) is 37.4 Å².